The number of alkyl halides is 5. The Morgan fingerprint density at radius 1 is 1.05 bits per heavy atom. The highest BCUT2D eigenvalue weighted by atomic mass is 19.4. The average molecular weight is 622 g/mol. The summed E-state index contributed by atoms with van der Waals surface area (Å²) >= 11 is 0. The second-order valence-corrected chi connectivity index (χ2v) is 11.1. The van der Waals surface area contributed by atoms with Crippen LogP contribution in [0.15, 0.2) is 61.1 Å². The highest BCUT2D eigenvalue weighted by molar-refractivity contribution is 6.07. The monoisotopic (exact) mass is 621 g/mol. The van der Waals surface area contributed by atoms with E-state index in [1.54, 1.807) is 45.3 Å². The zero-order valence-corrected chi connectivity index (χ0v) is 24.2. The molecule has 0 radical (unpaired) electrons. The van der Waals surface area contributed by atoms with Crippen molar-refractivity contribution in [3.05, 3.63) is 77.7 Å². The van der Waals surface area contributed by atoms with E-state index >= 15 is 0 Å². The quantitative estimate of drug-likeness (QED) is 0.191. The van der Waals surface area contributed by atoms with Crippen molar-refractivity contribution in [1.82, 2.24) is 15.3 Å². The number of halogens is 5. The lowest BCUT2D eigenvalue weighted by Gasteiger charge is -2.30. The minimum Gasteiger partial charge on any atom is -0.476 e. The van der Waals surface area contributed by atoms with Crippen LogP contribution in [-0.2, 0) is 22.0 Å². The van der Waals surface area contributed by atoms with Crippen LogP contribution in [0, 0.1) is 0 Å². The number of hydrogen-bond donors (Lipinski definition) is 3. The van der Waals surface area contributed by atoms with Crippen molar-refractivity contribution in [1.29, 1.82) is 0 Å². The third-order valence-corrected chi connectivity index (χ3v) is 6.55. The van der Waals surface area contributed by atoms with Crippen LogP contribution in [0.25, 0.3) is 0 Å². The Hall–Kier alpha value is -4.33. The third kappa shape index (κ3) is 7.98. The van der Waals surface area contributed by atoms with Gasteiger partial charge >= 0.3 is 18.1 Å². The third-order valence-electron chi connectivity index (χ3n) is 6.55. The summed E-state index contributed by atoms with van der Waals surface area (Å²) in [4.78, 5) is 34.4. The molecule has 2 aromatic heterocycles. The molecule has 1 aliphatic heterocycles. The Morgan fingerprint density at radius 3 is 2.41 bits per heavy atom. The number of carbonyl (C=O) groups is 2. The van der Waals surface area contributed by atoms with Crippen LogP contribution in [0.4, 0.5) is 33.5 Å². The van der Waals surface area contributed by atoms with Crippen LogP contribution >= 0.6 is 0 Å². The molecule has 14 heteroatoms. The Kier molecular flexibility index (Phi) is 9.72. The number of nitrogens with one attached hydrogen (secondary N) is 3. The van der Waals surface area contributed by atoms with Gasteiger partial charge in [0, 0.05) is 36.9 Å². The number of pyridine rings is 2. The van der Waals surface area contributed by atoms with Gasteiger partial charge in [0.2, 0.25) is 6.10 Å². The summed E-state index contributed by atoms with van der Waals surface area (Å²) in [5.41, 5.74) is -1.72. The van der Waals surface area contributed by atoms with Crippen molar-refractivity contribution in [2.24, 2.45) is 0 Å². The number of aromatic nitrogens is 2. The van der Waals surface area contributed by atoms with Crippen LogP contribution in [0.3, 0.4) is 0 Å². The normalized spacial score (nSPS) is 16.2. The van der Waals surface area contributed by atoms with Crippen LogP contribution in [0.1, 0.15) is 55.1 Å². The number of benzene rings is 1. The molecule has 0 bridgehead atoms. The molecule has 0 saturated carbocycles. The second-order valence-electron chi connectivity index (χ2n) is 11.1. The molecule has 1 saturated heterocycles. The van der Waals surface area contributed by atoms with Crippen LogP contribution < -0.4 is 20.7 Å². The van der Waals surface area contributed by atoms with Crippen LogP contribution in [-0.4, -0.2) is 52.3 Å². The van der Waals surface area contributed by atoms with Gasteiger partial charge in [0.1, 0.15) is 17.2 Å². The summed E-state index contributed by atoms with van der Waals surface area (Å²) < 4.78 is 81.0. The highest BCUT2D eigenvalue weighted by Gasteiger charge is 2.60. The predicted molar refractivity (Wildman–Crippen MR) is 151 cm³/mol. The highest BCUT2D eigenvalue weighted by Crippen LogP contribution is 2.48. The second kappa shape index (κ2) is 13.1. The fourth-order valence-corrected chi connectivity index (χ4v) is 4.49. The molecule has 236 valence electrons. The van der Waals surface area contributed by atoms with E-state index < -0.39 is 53.0 Å². The number of hydrogen-bond acceptors (Lipinski definition) is 8. The first-order chi connectivity index (χ1) is 20.7. The van der Waals surface area contributed by atoms with E-state index in [4.69, 9.17) is 9.47 Å². The van der Waals surface area contributed by atoms with Crippen LogP contribution in [0.5, 0.6) is 5.75 Å². The topological polar surface area (TPSA) is 114 Å². The van der Waals surface area contributed by atoms with E-state index in [9.17, 15) is 31.5 Å². The lowest BCUT2D eigenvalue weighted by molar-refractivity contribution is -0.289. The number of amides is 1. The minimum absolute atomic E-state index is 0.0792. The van der Waals surface area contributed by atoms with Gasteiger partial charge in [-0.25, -0.2) is 9.78 Å². The Bertz CT molecular complexity index is 1460. The zero-order chi connectivity index (χ0) is 32.1. The Balaban J connectivity index is 1.66. The fourth-order valence-electron chi connectivity index (χ4n) is 4.49. The maximum absolute atomic E-state index is 14.7. The standard InChI is InChI=1S/C30H32F5N5O4/c1-28(2,3)44-27(42)24(22-7-5-12-37-22)43-23-16-19(8-9-21(23)29(31,32)30(33,34)35)40-26(41)20-6-4-13-38-25(20)39-17-18-10-14-36-15-11-18/h4,6,8-11,13-16,22,24,37H,5,7,12,17H2,1-3H3,(H,38,39)(H,40,41)/t22?,24-/m0/s1. The largest absolute Gasteiger partial charge is 0.476 e. The van der Waals surface area contributed by atoms with Crippen molar-refractivity contribution in [2.75, 3.05) is 17.2 Å². The van der Waals surface area contributed by atoms with E-state index in [0.717, 1.165) is 17.7 Å². The molecular formula is C30H32F5N5O4. The first-order valence-corrected chi connectivity index (χ1v) is 13.8. The molecule has 2 atom stereocenters. The number of rotatable bonds is 10. The molecule has 3 aromatic rings. The van der Waals surface area contributed by atoms with Crippen molar-refractivity contribution < 1.29 is 41.0 Å². The molecular weight excluding hydrogens is 589 g/mol. The van der Waals surface area contributed by atoms with Gasteiger partial charge in [0.05, 0.1) is 17.2 Å². The minimum atomic E-state index is -5.96. The van der Waals surface area contributed by atoms with Gasteiger partial charge in [-0.05, 0) is 82.1 Å². The molecule has 3 N–H and O–H groups in total. The molecule has 44 heavy (non-hydrogen) atoms. The number of esters is 1. The summed E-state index contributed by atoms with van der Waals surface area (Å²) in [5, 5.41) is 8.54. The lowest BCUT2D eigenvalue weighted by atomic mass is 10.0. The molecule has 1 aromatic carbocycles. The summed E-state index contributed by atoms with van der Waals surface area (Å²) in [6, 6.07) is 8.04. The van der Waals surface area contributed by atoms with Gasteiger partial charge in [-0.2, -0.15) is 22.0 Å². The molecule has 4 rings (SSSR count). The Morgan fingerprint density at radius 2 is 1.77 bits per heavy atom. The number of ether oxygens (including phenoxy) is 2. The first-order valence-electron chi connectivity index (χ1n) is 13.8. The van der Waals surface area contributed by atoms with E-state index in [2.05, 4.69) is 25.9 Å². The van der Waals surface area contributed by atoms with E-state index in [1.807, 2.05) is 0 Å². The van der Waals surface area contributed by atoms with Crippen molar-refractivity contribution in [2.45, 2.75) is 70.0 Å². The van der Waals surface area contributed by atoms with Gasteiger partial charge in [-0.15, -0.1) is 0 Å². The molecule has 0 spiro atoms. The Labute approximate surface area is 250 Å². The molecule has 1 amide bonds. The molecule has 1 fully saturated rings. The van der Waals surface area contributed by atoms with Gasteiger partial charge in [0.15, 0.2) is 0 Å². The number of carbonyl (C=O) groups excluding carboxylic acids is 2. The molecule has 9 nitrogen and oxygen atoms in total. The maximum atomic E-state index is 14.7. The summed E-state index contributed by atoms with van der Waals surface area (Å²) in [5.74, 6) is -7.72. The average Bonchev–Trinajstić information content (AvgIpc) is 3.48. The van der Waals surface area contributed by atoms with E-state index in [1.165, 1.54) is 18.3 Å². The summed E-state index contributed by atoms with van der Waals surface area (Å²) in [7, 11) is 0. The molecule has 1 unspecified atom stereocenters. The van der Waals surface area contributed by atoms with Crippen molar-refractivity contribution in [3.8, 4) is 5.75 Å². The van der Waals surface area contributed by atoms with Gasteiger partial charge < -0.3 is 25.4 Å². The maximum Gasteiger partial charge on any atom is 0.458 e. The van der Waals surface area contributed by atoms with Crippen molar-refractivity contribution in [3.63, 3.8) is 0 Å². The molecule has 1 aliphatic rings. The van der Waals surface area contributed by atoms with Gasteiger partial charge in [-0.1, -0.05) is 0 Å². The molecule has 3 heterocycles. The summed E-state index contributed by atoms with van der Waals surface area (Å²) in [6.45, 7) is 5.55. The van der Waals surface area contributed by atoms with Gasteiger partial charge in [-0.3, -0.25) is 9.78 Å². The number of nitrogens with zero attached hydrogens (tertiary/aromatic N) is 2. The smallest absolute Gasteiger partial charge is 0.458 e. The van der Waals surface area contributed by atoms with E-state index in [0.29, 0.717) is 32.0 Å². The predicted octanol–water partition coefficient (Wildman–Crippen LogP) is 5.84. The fraction of sp³-hybridized carbons (Fsp3) is 0.400. The molecule has 0 aliphatic carbocycles. The van der Waals surface area contributed by atoms with Crippen LogP contribution in [0.2, 0.25) is 0 Å². The lowest BCUT2D eigenvalue weighted by Crippen LogP contribution is -2.47. The van der Waals surface area contributed by atoms with Gasteiger partial charge in [0.25, 0.3) is 5.91 Å². The first kappa shape index (κ1) is 32.6. The number of anilines is 2. The zero-order valence-electron chi connectivity index (χ0n) is 24.2. The van der Waals surface area contributed by atoms with Crippen molar-refractivity contribution >= 4 is 23.4 Å². The SMILES string of the molecule is CC(C)(C)OC(=O)[C@@H](Oc1cc(NC(=O)c2cccnc2NCc2ccncc2)ccc1C(F)(F)C(F)(F)F)C1CCCN1. The van der Waals surface area contributed by atoms with E-state index in [-0.39, 0.29) is 17.1 Å². The summed E-state index contributed by atoms with van der Waals surface area (Å²) in [6.07, 6.45) is -1.84.